The Kier molecular flexibility index (Phi) is 5.78. The van der Waals surface area contributed by atoms with Crippen molar-refractivity contribution >= 4 is 40.4 Å². The monoisotopic (exact) mass is 529 g/mol. The van der Waals surface area contributed by atoms with Crippen LogP contribution in [0, 0.1) is 10.1 Å². The molecule has 184 valence electrons. The molecular weight excluding hydrogens is 510 g/mol. The van der Waals surface area contributed by atoms with Gasteiger partial charge in [-0.2, -0.15) is 0 Å². The zero-order valence-electron chi connectivity index (χ0n) is 19.7. The lowest BCUT2D eigenvalue weighted by atomic mass is 9.83. The smallest absolute Gasteiger partial charge is 0.271 e. The third kappa shape index (κ3) is 3.98. The number of hydrogen-bond donors (Lipinski definition) is 0. The first-order chi connectivity index (χ1) is 17.9. The summed E-state index contributed by atoms with van der Waals surface area (Å²) in [4.78, 5) is 30.2. The standard InChI is InChI=1S/C28H20ClN3O4S/c1-36-20-7-4-6-17(14-20)26-22-11-9-16-5-2-3-8-21(16)25(22)30-28-31(26)27(33)24(37-28)15-18-13-19(32(34)35)10-12-23(18)29/h2-8,10,12-15,26H,9,11H2,1H3. The topological polar surface area (TPSA) is 86.7 Å². The fraction of sp³-hybridized carbons (Fsp3) is 0.143. The van der Waals surface area contributed by atoms with Crippen LogP contribution in [-0.2, 0) is 6.42 Å². The summed E-state index contributed by atoms with van der Waals surface area (Å²) in [5, 5.41) is 11.6. The zero-order valence-corrected chi connectivity index (χ0v) is 21.3. The molecule has 0 saturated carbocycles. The molecule has 0 spiro atoms. The number of aromatic nitrogens is 1. The summed E-state index contributed by atoms with van der Waals surface area (Å²) in [5.74, 6) is 0.707. The van der Waals surface area contributed by atoms with E-state index in [1.165, 1.54) is 35.1 Å². The van der Waals surface area contributed by atoms with E-state index < -0.39 is 4.92 Å². The van der Waals surface area contributed by atoms with Crippen LogP contribution in [-0.4, -0.2) is 16.6 Å². The average Bonchev–Trinajstić information content (AvgIpc) is 3.22. The van der Waals surface area contributed by atoms with Crippen molar-refractivity contribution in [1.82, 2.24) is 4.57 Å². The molecule has 0 fully saturated rings. The molecular formula is C28H20ClN3O4S. The molecule has 7 nitrogen and oxygen atoms in total. The van der Waals surface area contributed by atoms with E-state index in [4.69, 9.17) is 21.3 Å². The van der Waals surface area contributed by atoms with Crippen molar-refractivity contribution in [2.45, 2.75) is 18.9 Å². The van der Waals surface area contributed by atoms with Crippen LogP contribution in [0.3, 0.4) is 0 Å². The number of halogens is 1. The van der Waals surface area contributed by atoms with E-state index in [2.05, 4.69) is 12.1 Å². The van der Waals surface area contributed by atoms with Crippen molar-refractivity contribution in [3.63, 3.8) is 0 Å². The number of nitro benzene ring substituents is 1. The van der Waals surface area contributed by atoms with Gasteiger partial charge in [-0.25, -0.2) is 4.99 Å². The maximum absolute atomic E-state index is 13.9. The van der Waals surface area contributed by atoms with Crippen molar-refractivity contribution in [2.75, 3.05) is 7.11 Å². The van der Waals surface area contributed by atoms with Gasteiger partial charge in [-0.05, 0) is 53.8 Å². The second kappa shape index (κ2) is 9.14. The third-order valence-corrected chi connectivity index (χ3v) is 8.09. The van der Waals surface area contributed by atoms with Gasteiger partial charge in [-0.3, -0.25) is 19.5 Å². The molecule has 1 unspecified atom stereocenters. The molecule has 1 aliphatic carbocycles. The fourth-order valence-electron chi connectivity index (χ4n) is 5.03. The number of nitrogens with zero attached hydrogens (tertiary/aromatic N) is 3. The van der Waals surface area contributed by atoms with Crippen LogP contribution >= 0.6 is 22.9 Å². The Bertz CT molecular complexity index is 1800. The van der Waals surface area contributed by atoms with Crippen molar-refractivity contribution in [3.05, 3.63) is 129 Å². The molecule has 0 radical (unpaired) electrons. The molecule has 3 aromatic carbocycles. The average molecular weight is 530 g/mol. The largest absolute Gasteiger partial charge is 0.497 e. The molecule has 2 aliphatic rings. The zero-order chi connectivity index (χ0) is 25.7. The molecule has 1 atom stereocenters. The maximum atomic E-state index is 13.9. The van der Waals surface area contributed by atoms with Gasteiger partial charge in [0, 0.05) is 28.3 Å². The fourth-order valence-corrected chi connectivity index (χ4v) is 6.19. The molecule has 37 heavy (non-hydrogen) atoms. The maximum Gasteiger partial charge on any atom is 0.271 e. The molecule has 0 N–H and O–H groups in total. The minimum absolute atomic E-state index is 0.0928. The highest BCUT2D eigenvalue weighted by molar-refractivity contribution is 7.07. The number of fused-ring (bicyclic) bond motifs is 3. The highest BCUT2D eigenvalue weighted by atomic mass is 35.5. The molecule has 9 heteroatoms. The van der Waals surface area contributed by atoms with Crippen molar-refractivity contribution in [2.24, 2.45) is 4.99 Å². The van der Waals surface area contributed by atoms with E-state index in [-0.39, 0.29) is 17.3 Å². The van der Waals surface area contributed by atoms with Crippen LogP contribution in [0.4, 0.5) is 5.69 Å². The summed E-state index contributed by atoms with van der Waals surface area (Å²) < 4.78 is 7.61. The first-order valence-corrected chi connectivity index (χ1v) is 12.8. The molecule has 0 saturated heterocycles. The minimum Gasteiger partial charge on any atom is -0.497 e. The number of thiazole rings is 1. The number of aryl methyl sites for hydroxylation is 1. The van der Waals surface area contributed by atoms with Gasteiger partial charge in [0.1, 0.15) is 5.75 Å². The molecule has 4 aromatic rings. The van der Waals surface area contributed by atoms with Gasteiger partial charge in [0.25, 0.3) is 11.2 Å². The van der Waals surface area contributed by atoms with Gasteiger partial charge in [-0.15, -0.1) is 0 Å². The van der Waals surface area contributed by atoms with E-state index in [0.29, 0.717) is 25.7 Å². The number of hydrogen-bond acceptors (Lipinski definition) is 6. The number of benzene rings is 3. The number of nitro groups is 1. The van der Waals surface area contributed by atoms with E-state index in [0.717, 1.165) is 35.2 Å². The molecule has 0 amide bonds. The van der Waals surface area contributed by atoms with E-state index in [9.17, 15) is 14.9 Å². The Hall–Kier alpha value is -4.01. The molecule has 0 bridgehead atoms. The summed E-state index contributed by atoms with van der Waals surface area (Å²) in [5.41, 5.74) is 5.33. The number of non-ortho nitro benzene ring substituents is 1. The predicted molar refractivity (Wildman–Crippen MR) is 144 cm³/mol. The number of methoxy groups -OCH3 is 1. The Labute approximate surface area is 220 Å². The van der Waals surface area contributed by atoms with Gasteiger partial charge in [-0.1, -0.05) is 59.3 Å². The van der Waals surface area contributed by atoms with Crippen LogP contribution < -0.4 is 19.6 Å². The first-order valence-electron chi connectivity index (χ1n) is 11.7. The van der Waals surface area contributed by atoms with E-state index in [1.54, 1.807) is 17.8 Å². The Morgan fingerprint density at radius 1 is 1.14 bits per heavy atom. The Morgan fingerprint density at radius 3 is 2.78 bits per heavy atom. The van der Waals surface area contributed by atoms with Gasteiger partial charge in [0.2, 0.25) is 0 Å². The minimum atomic E-state index is -0.483. The predicted octanol–water partition coefficient (Wildman–Crippen LogP) is 4.89. The highest BCUT2D eigenvalue weighted by Gasteiger charge is 2.32. The third-order valence-electron chi connectivity index (χ3n) is 6.76. The van der Waals surface area contributed by atoms with Crippen molar-refractivity contribution in [1.29, 1.82) is 0 Å². The van der Waals surface area contributed by atoms with E-state index in [1.807, 2.05) is 36.4 Å². The SMILES string of the molecule is COc1cccc(C2C3=C(N=c4sc(=Cc5cc([N+](=O)[O-])ccc5Cl)c(=O)n42)c2ccccc2CC3)c1. The second-order valence-corrected chi connectivity index (χ2v) is 10.3. The lowest BCUT2D eigenvalue weighted by Gasteiger charge is -2.31. The first kappa shape index (κ1) is 23.4. The summed E-state index contributed by atoms with van der Waals surface area (Å²) in [6.45, 7) is 0. The summed E-state index contributed by atoms with van der Waals surface area (Å²) >= 11 is 7.59. The van der Waals surface area contributed by atoms with Gasteiger partial charge < -0.3 is 4.74 Å². The van der Waals surface area contributed by atoms with Crippen LogP contribution in [0.25, 0.3) is 11.8 Å². The number of rotatable bonds is 4. The van der Waals surface area contributed by atoms with Gasteiger partial charge >= 0.3 is 0 Å². The number of allylic oxidation sites excluding steroid dienone is 1. The highest BCUT2D eigenvalue weighted by Crippen LogP contribution is 2.41. The lowest BCUT2D eigenvalue weighted by Crippen LogP contribution is -2.38. The quantitative estimate of drug-likeness (QED) is 0.278. The van der Waals surface area contributed by atoms with Crippen molar-refractivity contribution < 1.29 is 9.66 Å². The Balaban J connectivity index is 1.62. The van der Waals surface area contributed by atoms with Crippen LogP contribution in [0.2, 0.25) is 5.02 Å². The van der Waals surface area contributed by atoms with Crippen LogP contribution in [0.5, 0.6) is 5.75 Å². The summed E-state index contributed by atoms with van der Waals surface area (Å²) in [7, 11) is 1.62. The summed E-state index contributed by atoms with van der Waals surface area (Å²) in [6, 6.07) is 19.8. The molecule has 2 heterocycles. The normalized spacial score (nSPS) is 16.5. The Morgan fingerprint density at radius 2 is 1.97 bits per heavy atom. The molecule has 6 rings (SSSR count). The van der Waals surface area contributed by atoms with Gasteiger partial charge in [0.15, 0.2) is 4.80 Å². The van der Waals surface area contributed by atoms with Crippen LogP contribution in [0.15, 0.2) is 82.1 Å². The lowest BCUT2D eigenvalue weighted by molar-refractivity contribution is -0.384. The number of ether oxygens (including phenoxy) is 1. The summed E-state index contributed by atoms with van der Waals surface area (Å²) in [6.07, 6.45) is 3.25. The van der Waals surface area contributed by atoms with Crippen molar-refractivity contribution in [3.8, 4) is 5.75 Å². The van der Waals surface area contributed by atoms with E-state index >= 15 is 0 Å². The second-order valence-electron chi connectivity index (χ2n) is 8.85. The van der Waals surface area contributed by atoms with Crippen LogP contribution in [0.1, 0.15) is 34.7 Å². The van der Waals surface area contributed by atoms with Gasteiger partial charge in [0.05, 0.1) is 28.3 Å². The molecule has 1 aromatic heterocycles. The molecule has 1 aliphatic heterocycles.